The Hall–Kier alpha value is -2.81. The number of amides is 1. The highest BCUT2D eigenvalue weighted by molar-refractivity contribution is 5.96. The highest BCUT2D eigenvalue weighted by Gasteiger charge is 2.14. The van der Waals surface area contributed by atoms with E-state index in [-0.39, 0.29) is 11.5 Å². The second-order valence-corrected chi connectivity index (χ2v) is 6.38. The summed E-state index contributed by atoms with van der Waals surface area (Å²) in [6.45, 7) is 4.48. The number of hydroxylamine groups is 1. The number of hydrogen-bond donors (Lipinski definition) is 1. The Labute approximate surface area is 168 Å². The van der Waals surface area contributed by atoms with Crippen LogP contribution in [0.25, 0.3) is 10.9 Å². The Balaban J connectivity index is 1.89. The summed E-state index contributed by atoms with van der Waals surface area (Å²) in [5.41, 5.74) is 5.25. The number of pyridine rings is 1. The molecule has 154 valence electrons. The lowest BCUT2D eigenvalue weighted by Gasteiger charge is -2.06. The molecule has 0 bridgehead atoms. The van der Waals surface area contributed by atoms with Gasteiger partial charge >= 0.3 is 0 Å². The zero-order valence-electron chi connectivity index (χ0n) is 16.5. The molecule has 0 aliphatic rings. The van der Waals surface area contributed by atoms with Crippen molar-refractivity contribution in [2.75, 3.05) is 26.9 Å². The number of nitrogens with zero attached hydrogens (tertiary/aromatic N) is 2. The first-order valence-electron chi connectivity index (χ1n) is 9.33. The van der Waals surface area contributed by atoms with Gasteiger partial charge in [0.1, 0.15) is 11.5 Å². The second-order valence-electron chi connectivity index (χ2n) is 6.38. The first kappa shape index (κ1) is 20.9. The Morgan fingerprint density at radius 1 is 1.21 bits per heavy atom. The minimum Gasteiger partial charge on any atom is -0.379 e. The van der Waals surface area contributed by atoms with Gasteiger partial charge in [0.05, 0.1) is 38.6 Å². The molecular formula is C21H24FN3O4. The van der Waals surface area contributed by atoms with E-state index in [2.05, 4.69) is 15.3 Å². The number of benzene rings is 1. The molecule has 0 saturated carbocycles. The number of ether oxygens (including phenoxy) is 2. The van der Waals surface area contributed by atoms with E-state index < -0.39 is 5.91 Å². The van der Waals surface area contributed by atoms with E-state index >= 15 is 0 Å². The van der Waals surface area contributed by atoms with Crippen LogP contribution in [0.1, 0.15) is 28.5 Å². The predicted molar refractivity (Wildman–Crippen MR) is 106 cm³/mol. The van der Waals surface area contributed by atoms with Crippen molar-refractivity contribution < 1.29 is 23.5 Å². The molecular weight excluding hydrogens is 377 g/mol. The summed E-state index contributed by atoms with van der Waals surface area (Å²) >= 11 is 0. The molecule has 7 nitrogen and oxygen atoms in total. The van der Waals surface area contributed by atoms with E-state index in [0.717, 1.165) is 22.0 Å². The van der Waals surface area contributed by atoms with Gasteiger partial charge in [-0.25, -0.2) is 14.9 Å². The van der Waals surface area contributed by atoms with Crippen molar-refractivity contribution in [1.82, 2.24) is 15.0 Å². The van der Waals surface area contributed by atoms with E-state index in [9.17, 15) is 9.18 Å². The molecule has 0 atom stereocenters. The topological polar surface area (TPSA) is 74.6 Å². The Morgan fingerprint density at radius 3 is 2.69 bits per heavy atom. The Bertz CT molecular complexity index is 956. The molecule has 0 aliphatic heterocycles. The quantitative estimate of drug-likeness (QED) is 0.417. The lowest BCUT2D eigenvalue weighted by atomic mass is 10.2. The molecule has 29 heavy (non-hydrogen) atoms. The number of aromatic nitrogens is 2. The molecule has 2 aromatic heterocycles. The fourth-order valence-electron chi connectivity index (χ4n) is 3.01. The SMILES string of the molecule is CCOCCOCc1cn(Cc2ccc(F)cc2)c2cnc(C(=O)NOC)cc12. The van der Waals surface area contributed by atoms with Gasteiger partial charge in [0.2, 0.25) is 0 Å². The van der Waals surface area contributed by atoms with Crippen molar-refractivity contribution in [3.63, 3.8) is 0 Å². The molecule has 0 fully saturated rings. The maximum absolute atomic E-state index is 13.2. The average Bonchev–Trinajstić information content (AvgIpc) is 3.06. The molecule has 1 aromatic carbocycles. The lowest BCUT2D eigenvalue weighted by molar-refractivity contribution is 0.0456. The maximum Gasteiger partial charge on any atom is 0.293 e. The summed E-state index contributed by atoms with van der Waals surface area (Å²) in [6.07, 6.45) is 3.61. The summed E-state index contributed by atoms with van der Waals surface area (Å²) in [6, 6.07) is 8.07. The lowest BCUT2D eigenvalue weighted by Crippen LogP contribution is -2.22. The third-order valence-corrected chi connectivity index (χ3v) is 4.38. The van der Waals surface area contributed by atoms with Gasteiger partial charge in [-0.15, -0.1) is 0 Å². The van der Waals surface area contributed by atoms with Crippen LogP contribution in [0.2, 0.25) is 0 Å². The van der Waals surface area contributed by atoms with Crippen molar-refractivity contribution in [2.24, 2.45) is 0 Å². The molecule has 0 spiro atoms. The Morgan fingerprint density at radius 2 is 1.97 bits per heavy atom. The van der Waals surface area contributed by atoms with Gasteiger partial charge in [0, 0.05) is 30.3 Å². The van der Waals surface area contributed by atoms with Crippen LogP contribution in [-0.4, -0.2) is 42.4 Å². The van der Waals surface area contributed by atoms with Crippen LogP contribution in [0, 0.1) is 5.82 Å². The van der Waals surface area contributed by atoms with Gasteiger partial charge in [-0.05, 0) is 30.7 Å². The van der Waals surface area contributed by atoms with Crippen molar-refractivity contribution in [1.29, 1.82) is 0 Å². The van der Waals surface area contributed by atoms with Gasteiger partial charge in [0.25, 0.3) is 5.91 Å². The monoisotopic (exact) mass is 401 g/mol. The zero-order valence-corrected chi connectivity index (χ0v) is 16.5. The largest absolute Gasteiger partial charge is 0.379 e. The predicted octanol–water partition coefficient (Wildman–Crippen LogP) is 3.07. The molecule has 2 heterocycles. The summed E-state index contributed by atoms with van der Waals surface area (Å²) in [5, 5.41) is 0.861. The first-order valence-corrected chi connectivity index (χ1v) is 9.33. The fraction of sp³-hybridized carbons (Fsp3) is 0.333. The molecule has 0 radical (unpaired) electrons. The number of hydrogen-bond acceptors (Lipinski definition) is 5. The van der Waals surface area contributed by atoms with Gasteiger partial charge in [0.15, 0.2) is 0 Å². The minimum absolute atomic E-state index is 0.245. The van der Waals surface area contributed by atoms with E-state index in [1.54, 1.807) is 24.4 Å². The number of fused-ring (bicyclic) bond motifs is 1. The van der Waals surface area contributed by atoms with Crippen molar-refractivity contribution >= 4 is 16.8 Å². The summed E-state index contributed by atoms with van der Waals surface area (Å²) < 4.78 is 26.2. The normalized spacial score (nSPS) is 11.1. The van der Waals surface area contributed by atoms with Crippen LogP contribution in [0.3, 0.4) is 0 Å². The highest BCUT2D eigenvalue weighted by Crippen LogP contribution is 2.24. The standard InChI is InChI=1S/C21H24FN3O4/c1-3-28-8-9-29-14-16-13-25(12-15-4-6-17(22)7-5-15)20-11-23-19(10-18(16)20)21(26)24-27-2/h4-7,10-11,13H,3,8-9,12,14H2,1-2H3,(H,24,26). The maximum atomic E-state index is 13.2. The Kier molecular flexibility index (Phi) is 7.29. The molecule has 1 amide bonds. The summed E-state index contributed by atoms with van der Waals surface area (Å²) in [7, 11) is 1.37. The number of nitrogens with one attached hydrogen (secondary N) is 1. The highest BCUT2D eigenvalue weighted by atomic mass is 19.1. The second kappa shape index (κ2) is 10.1. The third kappa shape index (κ3) is 5.38. The molecule has 0 saturated heterocycles. The van der Waals surface area contributed by atoms with E-state index in [1.807, 2.05) is 17.7 Å². The first-order chi connectivity index (χ1) is 14.1. The summed E-state index contributed by atoms with van der Waals surface area (Å²) in [5.74, 6) is -0.700. The van der Waals surface area contributed by atoms with Crippen LogP contribution >= 0.6 is 0 Å². The van der Waals surface area contributed by atoms with Crippen LogP contribution < -0.4 is 5.48 Å². The molecule has 1 N–H and O–H groups in total. The van der Waals surface area contributed by atoms with Gasteiger partial charge < -0.3 is 14.0 Å². The van der Waals surface area contributed by atoms with Crippen LogP contribution in [0.15, 0.2) is 42.7 Å². The van der Waals surface area contributed by atoms with Crippen LogP contribution in [-0.2, 0) is 27.5 Å². The number of halogens is 1. The van der Waals surface area contributed by atoms with Gasteiger partial charge in [-0.1, -0.05) is 12.1 Å². The van der Waals surface area contributed by atoms with Crippen LogP contribution in [0.5, 0.6) is 0 Å². The third-order valence-electron chi connectivity index (χ3n) is 4.38. The average molecular weight is 401 g/mol. The van der Waals surface area contributed by atoms with Crippen molar-refractivity contribution in [2.45, 2.75) is 20.1 Å². The van der Waals surface area contributed by atoms with Gasteiger partial charge in [-0.3, -0.25) is 9.63 Å². The molecule has 3 aromatic rings. The molecule has 8 heteroatoms. The van der Waals surface area contributed by atoms with E-state index in [1.165, 1.54) is 19.2 Å². The number of carbonyl (C=O) groups excluding carboxylic acids is 1. The fourth-order valence-corrected chi connectivity index (χ4v) is 3.01. The molecule has 3 rings (SSSR count). The van der Waals surface area contributed by atoms with Crippen molar-refractivity contribution in [3.05, 3.63) is 65.4 Å². The minimum atomic E-state index is -0.427. The molecule has 0 unspecified atom stereocenters. The zero-order chi connectivity index (χ0) is 20.6. The number of carbonyl (C=O) groups is 1. The number of rotatable bonds is 10. The van der Waals surface area contributed by atoms with Crippen molar-refractivity contribution in [3.8, 4) is 0 Å². The van der Waals surface area contributed by atoms with Crippen LogP contribution in [0.4, 0.5) is 4.39 Å². The molecule has 0 aliphatic carbocycles. The van der Waals surface area contributed by atoms with E-state index in [4.69, 9.17) is 9.47 Å². The van der Waals surface area contributed by atoms with E-state index in [0.29, 0.717) is 33.0 Å². The smallest absolute Gasteiger partial charge is 0.293 e. The summed E-state index contributed by atoms with van der Waals surface area (Å²) in [4.78, 5) is 21.0. The van der Waals surface area contributed by atoms with Gasteiger partial charge in [-0.2, -0.15) is 0 Å².